The second-order valence-corrected chi connectivity index (χ2v) is 7.01. The first kappa shape index (κ1) is 18.3. The molecule has 4 rings (SSSR count). The van der Waals surface area contributed by atoms with E-state index >= 15 is 0 Å². The van der Waals surface area contributed by atoms with Crippen molar-refractivity contribution in [1.29, 1.82) is 0 Å². The van der Waals surface area contributed by atoms with E-state index in [4.69, 9.17) is 20.8 Å². The number of carbonyl (C=O) groups is 1. The maximum atomic E-state index is 12.4. The lowest BCUT2D eigenvalue weighted by molar-refractivity contribution is -0.113. The number of fused-ring (bicyclic) bond motifs is 1. The van der Waals surface area contributed by atoms with Gasteiger partial charge >= 0.3 is 0 Å². The third-order valence-electron chi connectivity index (χ3n) is 3.78. The number of nitrogens with one attached hydrogen (secondary N) is 1. The van der Waals surface area contributed by atoms with Gasteiger partial charge in [-0.3, -0.25) is 4.79 Å². The summed E-state index contributed by atoms with van der Waals surface area (Å²) in [5.41, 5.74) is 1.73. The fourth-order valence-electron chi connectivity index (χ4n) is 2.51. The number of methoxy groups -OCH3 is 1. The lowest BCUT2D eigenvalue weighted by Gasteiger charge is -2.10. The molecule has 0 bridgehead atoms. The van der Waals surface area contributed by atoms with Gasteiger partial charge in [-0.05, 0) is 42.5 Å². The Morgan fingerprint density at radius 2 is 2.18 bits per heavy atom. The largest absolute Gasteiger partial charge is 0.495 e. The van der Waals surface area contributed by atoms with Crippen molar-refractivity contribution < 1.29 is 13.9 Å². The molecular formula is C18H14ClN5O3S. The monoisotopic (exact) mass is 415 g/mol. The molecule has 1 amide bonds. The summed E-state index contributed by atoms with van der Waals surface area (Å²) in [4.78, 5) is 12.4. The minimum absolute atomic E-state index is 0.114. The number of rotatable bonds is 6. The van der Waals surface area contributed by atoms with Crippen molar-refractivity contribution in [3.05, 3.63) is 53.8 Å². The van der Waals surface area contributed by atoms with Gasteiger partial charge in [0.05, 0.1) is 24.8 Å². The van der Waals surface area contributed by atoms with Crippen LogP contribution in [0.1, 0.15) is 0 Å². The molecule has 10 heteroatoms. The fourth-order valence-corrected chi connectivity index (χ4v) is 3.37. The lowest BCUT2D eigenvalue weighted by Crippen LogP contribution is -2.15. The number of nitrogens with zero attached hydrogens (tertiary/aromatic N) is 4. The molecule has 0 fully saturated rings. The molecule has 0 unspecified atom stereocenters. The van der Waals surface area contributed by atoms with Crippen LogP contribution in [0.2, 0.25) is 5.02 Å². The molecule has 4 aromatic rings. The molecule has 8 nitrogen and oxygen atoms in total. The average Bonchev–Trinajstić information content (AvgIpc) is 3.36. The Kier molecular flexibility index (Phi) is 5.18. The highest BCUT2D eigenvalue weighted by Crippen LogP contribution is 2.28. The van der Waals surface area contributed by atoms with Gasteiger partial charge in [0.15, 0.2) is 11.4 Å². The van der Waals surface area contributed by atoms with Crippen molar-refractivity contribution in [2.24, 2.45) is 0 Å². The first-order valence-corrected chi connectivity index (χ1v) is 9.53. The highest BCUT2D eigenvalue weighted by atomic mass is 35.5. The van der Waals surface area contributed by atoms with E-state index in [-0.39, 0.29) is 11.7 Å². The zero-order valence-corrected chi connectivity index (χ0v) is 16.2. The number of amides is 1. The molecule has 3 heterocycles. The molecule has 1 aromatic carbocycles. The molecule has 3 aromatic heterocycles. The van der Waals surface area contributed by atoms with Gasteiger partial charge in [0.25, 0.3) is 0 Å². The van der Waals surface area contributed by atoms with Crippen molar-refractivity contribution in [1.82, 2.24) is 19.8 Å². The first-order valence-electron chi connectivity index (χ1n) is 8.16. The van der Waals surface area contributed by atoms with E-state index in [9.17, 15) is 4.79 Å². The van der Waals surface area contributed by atoms with Crippen LogP contribution in [0.3, 0.4) is 0 Å². The number of halogens is 1. The molecule has 0 saturated heterocycles. The number of ether oxygens (including phenoxy) is 1. The number of furan rings is 1. The summed E-state index contributed by atoms with van der Waals surface area (Å²) in [6.07, 6.45) is 1.58. The normalized spacial score (nSPS) is 10.9. The van der Waals surface area contributed by atoms with E-state index < -0.39 is 0 Å². The molecule has 0 aliphatic heterocycles. The molecule has 0 aliphatic rings. The fraction of sp³-hybridized carbons (Fsp3) is 0.111. The van der Waals surface area contributed by atoms with Gasteiger partial charge in [-0.25, -0.2) is 0 Å². The highest BCUT2D eigenvalue weighted by Gasteiger charge is 2.14. The first-order chi connectivity index (χ1) is 13.6. The minimum Gasteiger partial charge on any atom is -0.495 e. The number of hydrogen-bond acceptors (Lipinski definition) is 7. The van der Waals surface area contributed by atoms with Gasteiger partial charge in [-0.2, -0.15) is 9.61 Å². The molecule has 0 saturated carbocycles. The number of anilines is 1. The predicted octanol–water partition coefficient (Wildman–Crippen LogP) is 3.78. The third-order valence-corrected chi connectivity index (χ3v) is 4.93. The standard InChI is InChI=1S/C18H14ClN5O3S/c1-26-14-6-4-11(19)9-13(14)20-17(25)10-28-18-22-21-16-7-5-12(23-24(16)18)15-3-2-8-27-15/h2-9H,10H2,1H3,(H,20,25). The highest BCUT2D eigenvalue weighted by molar-refractivity contribution is 7.99. The van der Waals surface area contributed by atoms with Gasteiger partial charge in [-0.1, -0.05) is 23.4 Å². The van der Waals surface area contributed by atoms with Crippen molar-refractivity contribution in [2.45, 2.75) is 5.16 Å². The van der Waals surface area contributed by atoms with Gasteiger partial charge in [0, 0.05) is 5.02 Å². The third kappa shape index (κ3) is 3.80. The van der Waals surface area contributed by atoms with Gasteiger partial charge in [0.2, 0.25) is 11.1 Å². The molecule has 0 radical (unpaired) electrons. The molecule has 0 atom stereocenters. The molecule has 142 valence electrons. The van der Waals surface area contributed by atoms with Gasteiger partial charge in [0.1, 0.15) is 11.4 Å². The second kappa shape index (κ2) is 7.91. The molecule has 0 spiro atoms. The van der Waals surface area contributed by atoms with Crippen LogP contribution in [-0.4, -0.2) is 38.6 Å². The maximum absolute atomic E-state index is 12.4. The summed E-state index contributed by atoms with van der Waals surface area (Å²) in [7, 11) is 1.53. The number of aromatic nitrogens is 4. The van der Waals surface area contributed by atoms with Crippen molar-refractivity contribution >= 4 is 40.6 Å². The zero-order chi connectivity index (χ0) is 19.5. The molecule has 0 aliphatic carbocycles. The van der Waals surface area contributed by atoms with Crippen molar-refractivity contribution in [3.63, 3.8) is 0 Å². The number of thioether (sulfide) groups is 1. The van der Waals surface area contributed by atoms with E-state index in [0.29, 0.717) is 38.7 Å². The smallest absolute Gasteiger partial charge is 0.234 e. The summed E-state index contributed by atoms with van der Waals surface area (Å²) in [6.45, 7) is 0. The second-order valence-electron chi connectivity index (χ2n) is 5.63. The quantitative estimate of drug-likeness (QED) is 0.479. The van der Waals surface area contributed by atoms with Crippen LogP contribution >= 0.6 is 23.4 Å². The molecular weight excluding hydrogens is 402 g/mol. The van der Waals surface area contributed by atoms with Crippen LogP contribution in [0.15, 0.2) is 58.3 Å². The van der Waals surface area contributed by atoms with E-state index in [1.807, 2.05) is 6.07 Å². The number of benzene rings is 1. The van der Waals surface area contributed by atoms with E-state index in [1.165, 1.54) is 18.9 Å². The summed E-state index contributed by atoms with van der Waals surface area (Å²) in [5, 5.41) is 16.4. The van der Waals surface area contributed by atoms with Gasteiger partial charge in [-0.15, -0.1) is 10.2 Å². The van der Waals surface area contributed by atoms with E-state index in [0.717, 1.165) is 0 Å². The van der Waals surface area contributed by atoms with Crippen LogP contribution in [0.5, 0.6) is 5.75 Å². The predicted molar refractivity (Wildman–Crippen MR) is 106 cm³/mol. The Balaban J connectivity index is 1.49. The summed E-state index contributed by atoms with van der Waals surface area (Å²) >= 11 is 7.21. The van der Waals surface area contributed by atoms with E-state index in [2.05, 4.69) is 20.6 Å². The SMILES string of the molecule is COc1ccc(Cl)cc1NC(=O)CSc1nnc2ccc(-c3ccco3)nn12. The Hall–Kier alpha value is -3.04. The molecule has 28 heavy (non-hydrogen) atoms. The van der Waals surface area contributed by atoms with Gasteiger partial charge < -0.3 is 14.5 Å². The Labute approximate surface area is 168 Å². The summed E-state index contributed by atoms with van der Waals surface area (Å²) in [5.74, 6) is 1.05. The maximum Gasteiger partial charge on any atom is 0.234 e. The Morgan fingerprint density at radius 1 is 1.29 bits per heavy atom. The van der Waals surface area contributed by atoms with Crippen LogP contribution < -0.4 is 10.1 Å². The van der Waals surface area contributed by atoms with Crippen LogP contribution in [0, 0.1) is 0 Å². The topological polar surface area (TPSA) is 94.5 Å². The van der Waals surface area contributed by atoms with Crippen molar-refractivity contribution in [2.75, 3.05) is 18.2 Å². The average molecular weight is 416 g/mol. The Bertz CT molecular complexity index is 1130. The zero-order valence-electron chi connectivity index (χ0n) is 14.6. The lowest BCUT2D eigenvalue weighted by atomic mass is 10.3. The minimum atomic E-state index is -0.232. The van der Waals surface area contributed by atoms with Crippen LogP contribution in [-0.2, 0) is 4.79 Å². The number of hydrogen-bond donors (Lipinski definition) is 1. The van der Waals surface area contributed by atoms with E-state index in [1.54, 1.807) is 47.2 Å². The van der Waals surface area contributed by atoms with Crippen LogP contribution in [0.25, 0.3) is 17.1 Å². The van der Waals surface area contributed by atoms with Crippen LogP contribution in [0.4, 0.5) is 5.69 Å². The number of carbonyl (C=O) groups excluding carboxylic acids is 1. The summed E-state index contributed by atoms with van der Waals surface area (Å²) < 4.78 is 12.2. The summed E-state index contributed by atoms with van der Waals surface area (Å²) in [6, 6.07) is 12.2. The Morgan fingerprint density at radius 3 is 2.96 bits per heavy atom. The van der Waals surface area contributed by atoms with Crippen molar-refractivity contribution in [3.8, 4) is 17.2 Å². The molecule has 1 N–H and O–H groups in total.